The third-order valence-corrected chi connectivity index (χ3v) is 1.95. The maximum absolute atomic E-state index is 4.47. The predicted octanol–water partition coefficient (Wildman–Crippen LogP) is 1.25. The fraction of sp³-hybridized carbons (Fsp3) is 0.667. The molecule has 0 fully saturated rings. The Bertz CT molecular complexity index is 218. The Kier molecular flexibility index (Phi) is 3.29. The second kappa shape index (κ2) is 4.26. The number of imidazole rings is 1. The maximum Gasteiger partial charge on any atom is 0.120 e. The van der Waals surface area contributed by atoms with Crippen LogP contribution in [0.3, 0.4) is 0 Å². The summed E-state index contributed by atoms with van der Waals surface area (Å²) >= 11 is 0. The van der Waals surface area contributed by atoms with Gasteiger partial charge in [-0.1, -0.05) is 13.8 Å². The molecule has 3 heteroatoms. The summed E-state index contributed by atoms with van der Waals surface area (Å²) in [7, 11) is 1.93. The lowest BCUT2D eigenvalue weighted by molar-refractivity contribution is 0.766. The summed E-state index contributed by atoms with van der Waals surface area (Å²) in [4.78, 5) is 7.78. The molecule has 1 rings (SSSR count). The molecule has 68 valence electrons. The Morgan fingerprint density at radius 3 is 2.50 bits per heavy atom. The highest BCUT2D eigenvalue weighted by molar-refractivity contribution is 5.14. The topological polar surface area (TPSA) is 40.7 Å². The number of hydrogen-bond acceptors (Lipinski definition) is 2. The fourth-order valence-corrected chi connectivity index (χ4v) is 1.34. The van der Waals surface area contributed by atoms with Gasteiger partial charge in [0.15, 0.2) is 0 Å². The van der Waals surface area contributed by atoms with Crippen LogP contribution in [0.25, 0.3) is 0 Å². The summed E-state index contributed by atoms with van der Waals surface area (Å²) in [5.74, 6) is 1.05. The summed E-state index contributed by atoms with van der Waals surface area (Å²) in [6, 6.07) is 0. The Hall–Kier alpha value is -0.830. The molecule has 0 aliphatic carbocycles. The Morgan fingerprint density at radius 2 is 2.08 bits per heavy atom. The highest BCUT2D eigenvalue weighted by Crippen LogP contribution is 2.07. The van der Waals surface area contributed by atoms with Gasteiger partial charge in [-0.2, -0.15) is 0 Å². The zero-order valence-electron chi connectivity index (χ0n) is 8.07. The predicted molar refractivity (Wildman–Crippen MR) is 50.1 cm³/mol. The Labute approximate surface area is 73.6 Å². The van der Waals surface area contributed by atoms with E-state index in [1.807, 2.05) is 7.05 Å². The van der Waals surface area contributed by atoms with Gasteiger partial charge < -0.3 is 10.3 Å². The lowest BCUT2D eigenvalue weighted by Gasteiger charge is -1.92. The smallest absolute Gasteiger partial charge is 0.120 e. The number of aryl methyl sites for hydroxylation is 2. The van der Waals surface area contributed by atoms with Crippen molar-refractivity contribution >= 4 is 0 Å². The molecule has 0 amide bonds. The van der Waals surface area contributed by atoms with Crippen LogP contribution in [-0.2, 0) is 19.4 Å². The van der Waals surface area contributed by atoms with E-state index in [0.717, 1.165) is 25.2 Å². The first-order valence-corrected chi connectivity index (χ1v) is 4.53. The molecule has 0 saturated carbocycles. The highest BCUT2D eigenvalue weighted by Gasteiger charge is 2.05. The lowest BCUT2D eigenvalue weighted by atomic mass is 10.2. The van der Waals surface area contributed by atoms with Gasteiger partial charge in [0, 0.05) is 5.69 Å². The molecule has 0 aromatic carbocycles. The number of hydrogen-bond donors (Lipinski definition) is 2. The minimum atomic E-state index is 0.826. The minimum absolute atomic E-state index is 0.826. The molecule has 3 nitrogen and oxygen atoms in total. The molecule has 1 aromatic rings. The second-order valence-corrected chi connectivity index (χ2v) is 2.85. The van der Waals surface area contributed by atoms with Gasteiger partial charge in [-0.3, -0.25) is 0 Å². The van der Waals surface area contributed by atoms with Gasteiger partial charge in [-0.15, -0.1) is 0 Å². The summed E-state index contributed by atoms with van der Waals surface area (Å²) in [5.41, 5.74) is 2.49. The molecule has 0 aliphatic heterocycles. The number of nitrogens with one attached hydrogen (secondary N) is 2. The van der Waals surface area contributed by atoms with Crippen LogP contribution in [-0.4, -0.2) is 17.0 Å². The molecule has 12 heavy (non-hydrogen) atoms. The first-order valence-electron chi connectivity index (χ1n) is 4.53. The van der Waals surface area contributed by atoms with Crippen molar-refractivity contribution in [3.05, 3.63) is 17.2 Å². The Balaban J connectivity index is 2.81. The molecule has 2 N–H and O–H groups in total. The number of nitrogens with zero attached hydrogens (tertiary/aromatic N) is 1. The van der Waals surface area contributed by atoms with E-state index in [0.29, 0.717) is 0 Å². The number of H-pyrrole nitrogens is 1. The normalized spacial score (nSPS) is 10.6. The zero-order valence-corrected chi connectivity index (χ0v) is 8.07. The summed E-state index contributed by atoms with van der Waals surface area (Å²) < 4.78 is 0. The molecule has 0 radical (unpaired) electrons. The monoisotopic (exact) mass is 167 g/mol. The van der Waals surface area contributed by atoms with Crippen LogP contribution >= 0.6 is 0 Å². The Morgan fingerprint density at radius 1 is 1.33 bits per heavy atom. The summed E-state index contributed by atoms with van der Waals surface area (Å²) in [5, 5.41) is 3.08. The molecule has 0 bridgehead atoms. The van der Waals surface area contributed by atoms with Gasteiger partial charge in [0.25, 0.3) is 0 Å². The van der Waals surface area contributed by atoms with Crippen molar-refractivity contribution in [1.82, 2.24) is 15.3 Å². The number of aromatic amines is 1. The number of rotatable bonds is 4. The van der Waals surface area contributed by atoms with Crippen molar-refractivity contribution in [2.24, 2.45) is 0 Å². The van der Waals surface area contributed by atoms with Crippen molar-refractivity contribution in [1.29, 1.82) is 0 Å². The molecule has 1 heterocycles. The van der Waals surface area contributed by atoms with E-state index in [2.05, 4.69) is 29.1 Å². The van der Waals surface area contributed by atoms with Crippen molar-refractivity contribution in [3.63, 3.8) is 0 Å². The average molecular weight is 167 g/mol. The first-order chi connectivity index (χ1) is 5.81. The summed E-state index contributed by atoms with van der Waals surface area (Å²) in [6.07, 6.45) is 2.06. The van der Waals surface area contributed by atoms with Gasteiger partial charge in [-0.25, -0.2) is 4.98 Å². The van der Waals surface area contributed by atoms with Crippen molar-refractivity contribution in [2.75, 3.05) is 7.05 Å². The first kappa shape index (κ1) is 9.26. The van der Waals surface area contributed by atoms with Crippen LogP contribution in [0.1, 0.15) is 31.1 Å². The quantitative estimate of drug-likeness (QED) is 0.708. The highest BCUT2D eigenvalue weighted by atomic mass is 15.0. The SMILES string of the molecule is CCc1nc(CNC)[nH]c1CC. The molecule has 0 unspecified atom stereocenters. The number of aromatic nitrogens is 2. The third kappa shape index (κ3) is 1.85. The molecule has 0 saturated heterocycles. The summed E-state index contributed by atoms with van der Waals surface area (Å²) in [6.45, 7) is 5.11. The molecule has 1 aromatic heterocycles. The van der Waals surface area contributed by atoms with Gasteiger partial charge in [0.05, 0.1) is 12.2 Å². The van der Waals surface area contributed by atoms with E-state index >= 15 is 0 Å². The minimum Gasteiger partial charge on any atom is -0.345 e. The molecule has 0 aliphatic rings. The molecular formula is C9H17N3. The molecular weight excluding hydrogens is 150 g/mol. The van der Waals surface area contributed by atoms with E-state index in [4.69, 9.17) is 0 Å². The maximum atomic E-state index is 4.47. The van der Waals surface area contributed by atoms with Crippen LogP contribution < -0.4 is 5.32 Å². The van der Waals surface area contributed by atoms with Crippen molar-refractivity contribution < 1.29 is 0 Å². The van der Waals surface area contributed by atoms with Crippen LogP contribution in [0.2, 0.25) is 0 Å². The van der Waals surface area contributed by atoms with Crippen LogP contribution in [0.4, 0.5) is 0 Å². The van der Waals surface area contributed by atoms with Crippen LogP contribution in [0, 0.1) is 0 Å². The van der Waals surface area contributed by atoms with Crippen LogP contribution in [0.5, 0.6) is 0 Å². The van der Waals surface area contributed by atoms with E-state index < -0.39 is 0 Å². The van der Waals surface area contributed by atoms with Gasteiger partial charge in [0.1, 0.15) is 5.82 Å². The lowest BCUT2D eigenvalue weighted by Crippen LogP contribution is -2.06. The molecule has 0 spiro atoms. The van der Waals surface area contributed by atoms with Gasteiger partial charge in [0.2, 0.25) is 0 Å². The van der Waals surface area contributed by atoms with Gasteiger partial charge >= 0.3 is 0 Å². The third-order valence-electron chi connectivity index (χ3n) is 1.95. The largest absolute Gasteiger partial charge is 0.345 e. The van der Waals surface area contributed by atoms with Crippen molar-refractivity contribution in [2.45, 2.75) is 33.2 Å². The van der Waals surface area contributed by atoms with Crippen LogP contribution in [0.15, 0.2) is 0 Å². The van der Waals surface area contributed by atoms with E-state index in [9.17, 15) is 0 Å². The zero-order chi connectivity index (χ0) is 8.97. The van der Waals surface area contributed by atoms with Gasteiger partial charge in [-0.05, 0) is 19.9 Å². The van der Waals surface area contributed by atoms with Crippen molar-refractivity contribution in [3.8, 4) is 0 Å². The van der Waals surface area contributed by atoms with E-state index in [-0.39, 0.29) is 0 Å². The fourth-order valence-electron chi connectivity index (χ4n) is 1.34. The molecule has 0 atom stereocenters. The van der Waals surface area contributed by atoms with E-state index in [1.165, 1.54) is 11.4 Å². The van der Waals surface area contributed by atoms with E-state index in [1.54, 1.807) is 0 Å². The average Bonchev–Trinajstić information content (AvgIpc) is 2.48. The standard InChI is InChI=1S/C9H17N3/c1-4-7-8(5-2)12-9(11-7)6-10-3/h10H,4-6H2,1-3H3,(H,11,12). The second-order valence-electron chi connectivity index (χ2n) is 2.85.